The molecule has 0 spiro atoms. The lowest BCUT2D eigenvalue weighted by atomic mass is 10.1. The number of aromatic nitrogens is 1. The van der Waals surface area contributed by atoms with Crippen LogP contribution in [0.2, 0.25) is 0 Å². The predicted octanol–water partition coefficient (Wildman–Crippen LogP) is 2.46. The summed E-state index contributed by atoms with van der Waals surface area (Å²) in [7, 11) is 0. The summed E-state index contributed by atoms with van der Waals surface area (Å²) in [4.78, 5) is 3.09. The van der Waals surface area contributed by atoms with Gasteiger partial charge in [-0.3, -0.25) is 0 Å². The molecule has 2 nitrogen and oxygen atoms in total. The van der Waals surface area contributed by atoms with Crippen LogP contribution in [0.3, 0.4) is 0 Å². The van der Waals surface area contributed by atoms with E-state index in [0.29, 0.717) is 0 Å². The third kappa shape index (κ3) is 2.02. The number of hydrogen-bond acceptors (Lipinski definition) is 1. The lowest BCUT2D eigenvalue weighted by Gasteiger charge is -2.01. The Bertz CT molecular complexity index is 448. The average Bonchev–Trinajstić information content (AvgIpc) is 2.63. The number of benzene rings is 1. The van der Waals surface area contributed by atoms with E-state index in [1.165, 1.54) is 6.07 Å². The van der Waals surface area contributed by atoms with E-state index in [1.807, 2.05) is 12.3 Å². The van der Waals surface area contributed by atoms with Crippen LogP contribution in [0.1, 0.15) is 12.5 Å². The zero-order valence-corrected chi connectivity index (χ0v) is 8.81. The molecule has 0 aliphatic heterocycles. The van der Waals surface area contributed by atoms with Crippen LogP contribution in [0.4, 0.5) is 4.39 Å². The van der Waals surface area contributed by atoms with E-state index in [2.05, 4.69) is 17.2 Å². The number of hydrogen-bond donors (Lipinski definition) is 2. The van der Waals surface area contributed by atoms with E-state index in [1.54, 1.807) is 6.07 Å². The van der Waals surface area contributed by atoms with Gasteiger partial charge in [0.25, 0.3) is 0 Å². The number of fused-ring (bicyclic) bond motifs is 1. The molecule has 0 saturated carbocycles. The number of H-pyrrole nitrogens is 1. The van der Waals surface area contributed by atoms with E-state index in [-0.39, 0.29) is 5.82 Å². The summed E-state index contributed by atoms with van der Waals surface area (Å²) >= 11 is 0. The third-order valence-electron chi connectivity index (χ3n) is 2.56. The van der Waals surface area contributed by atoms with E-state index in [0.717, 1.165) is 36.0 Å². The molecule has 0 aliphatic carbocycles. The molecule has 2 rings (SSSR count). The molecular formula is C12H15FN2. The van der Waals surface area contributed by atoms with Gasteiger partial charge < -0.3 is 10.3 Å². The minimum absolute atomic E-state index is 0.139. The molecule has 1 heterocycles. The zero-order valence-electron chi connectivity index (χ0n) is 8.81. The van der Waals surface area contributed by atoms with Crippen molar-refractivity contribution in [1.29, 1.82) is 0 Å². The first-order valence-electron chi connectivity index (χ1n) is 5.28. The molecule has 15 heavy (non-hydrogen) atoms. The van der Waals surface area contributed by atoms with E-state index in [9.17, 15) is 4.39 Å². The quantitative estimate of drug-likeness (QED) is 0.739. The number of likely N-dealkylation sites (N-methyl/N-ethyl adjacent to an activating group) is 1. The minimum atomic E-state index is -0.139. The molecule has 0 amide bonds. The van der Waals surface area contributed by atoms with Crippen molar-refractivity contribution in [3.8, 4) is 0 Å². The highest BCUT2D eigenvalue weighted by atomic mass is 19.1. The standard InChI is InChI=1S/C12H15FN2/c1-2-14-7-6-9-8-15-11-5-3-4-10(13)12(9)11/h3-5,8,14-15H,2,6-7H2,1H3. The van der Waals surface area contributed by atoms with Crippen LogP contribution in [0, 0.1) is 5.82 Å². The van der Waals surface area contributed by atoms with Crippen LogP contribution in [0.15, 0.2) is 24.4 Å². The van der Waals surface area contributed by atoms with E-state index < -0.39 is 0 Å². The van der Waals surface area contributed by atoms with Crippen molar-refractivity contribution < 1.29 is 4.39 Å². The van der Waals surface area contributed by atoms with Gasteiger partial charge in [-0.25, -0.2) is 4.39 Å². The number of aromatic amines is 1. The second-order valence-corrected chi connectivity index (χ2v) is 3.58. The SMILES string of the molecule is CCNCCc1c[nH]c2cccc(F)c12. The third-order valence-corrected chi connectivity index (χ3v) is 2.56. The Balaban J connectivity index is 2.27. The summed E-state index contributed by atoms with van der Waals surface area (Å²) in [5, 5.41) is 3.97. The molecule has 80 valence electrons. The highest BCUT2D eigenvalue weighted by molar-refractivity contribution is 5.83. The molecule has 0 fully saturated rings. The van der Waals surface area contributed by atoms with Gasteiger partial charge in [0.15, 0.2) is 0 Å². The van der Waals surface area contributed by atoms with Crippen molar-refractivity contribution in [2.24, 2.45) is 0 Å². The molecule has 0 bridgehead atoms. The topological polar surface area (TPSA) is 27.8 Å². The number of rotatable bonds is 4. The van der Waals surface area contributed by atoms with Gasteiger partial charge in [-0.2, -0.15) is 0 Å². The summed E-state index contributed by atoms with van der Waals surface area (Å²) < 4.78 is 13.5. The molecule has 2 aromatic rings. The maximum absolute atomic E-state index is 13.5. The number of halogens is 1. The summed E-state index contributed by atoms with van der Waals surface area (Å²) in [5.41, 5.74) is 1.92. The first-order valence-corrected chi connectivity index (χ1v) is 5.28. The van der Waals surface area contributed by atoms with Gasteiger partial charge in [0.2, 0.25) is 0 Å². The van der Waals surface area contributed by atoms with Crippen molar-refractivity contribution in [2.75, 3.05) is 13.1 Å². The van der Waals surface area contributed by atoms with Crippen LogP contribution in [-0.2, 0) is 6.42 Å². The van der Waals surface area contributed by atoms with Crippen LogP contribution in [-0.4, -0.2) is 18.1 Å². The van der Waals surface area contributed by atoms with Gasteiger partial charge in [0.1, 0.15) is 5.82 Å². The molecule has 0 radical (unpaired) electrons. The average molecular weight is 206 g/mol. The van der Waals surface area contributed by atoms with Gasteiger partial charge in [0, 0.05) is 17.1 Å². The zero-order chi connectivity index (χ0) is 10.7. The monoisotopic (exact) mass is 206 g/mol. The molecule has 0 unspecified atom stereocenters. The molecule has 2 N–H and O–H groups in total. The van der Waals surface area contributed by atoms with Crippen LogP contribution in [0.5, 0.6) is 0 Å². The smallest absolute Gasteiger partial charge is 0.132 e. The van der Waals surface area contributed by atoms with Crippen LogP contribution in [0.25, 0.3) is 10.9 Å². The highest BCUT2D eigenvalue weighted by Gasteiger charge is 2.07. The van der Waals surface area contributed by atoms with Gasteiger partial charge in [-0.15, -0.1) is 0 Å². The Hall–Kier alpha value is -1.35. The molecule has 1 aromatic heterocycles. The molecule has 1 aromatic carbocycles. The Morgan fingerprint density at radius 2 is 2.27 bits per heavy atom. The summed E-state index contributed by atoms with van der Waals surface area (Å²) in [6.07, 6.45) is 2.75. The maximum Gasteiger partial charge on any atom is 0.132 e. The Kier molecular flexibility index (Phi) is 3.02. The second kappa shape index (κ2) is 4.45. The fraction of sp³-hybridized carbons (Fsp3) is 0.333. The number of nitrogens with one attached hydrogen (secondary N) is 2. The van der Waals surface area contributed by atoms with Crippen molar-refractivity contribution in [2.45, 2.75) is 13.3 Å². The van der Waals surface area contributed by atoms with Crippen molar-refractivity contribution in [3.05, 3.63) is 35.8 Å². The van der Waals surface area contributed by atoms with Crippen LogP contribution < -0.4 is 5.32 Å². The van der Waals surface area contributed by atoms with Crippen molar-refractivity contribution in [1.82, 2.24) is 10.3 Å². The lowest BCUT2D eigenvalue weighted by Crippen LogP contribution is -2.15. The Labute approximate surface area is 88.5 Å². The summed E-state index contributed by atoms with van der Waals surface area (Å²) in [6.45, 7) is 3.90. The highest BCUT2D eigenvalue weighted by Crippen LogP contribution is 2.21. The lowest BCUT2D eigenvalue weighted by molar-refractivity contribution is 0.638. The molecule has 3 heteroatoms. The predicted molar refractivity (Wildman–Crippen MR) is 60.5 cm³/mol. The van der Waals surface area contributed by atoms with Crippen LogP contribution >= 0.6 is 0 Å². The first-order chi connectivity index (χ1) is 7.33. The van der Waals surface area contributed by atoms with Crippen molar-refractivity contribution >= 4 is 10.9 Å². The molecular weight excluding hydrogens is 191 g/mol. The van der Waals surface area contributed by atoms with E-state index in [4.69, 9.17) is 0 Å². The fourth-order valence-corrected chi connectivity index (χ4v) is 1.80. The minimum Gasteiger partial charge on any atom is -0.361 e. The summed E-state index contributed by atoms with van der Waals surface area (Å²) in [6, 6.07) is 5.13. The maximum atomic E-state index is 13.5. The Morgan fingerprint density at radius 3 is 3.07 bits per heavy atom. The molecule has 0 aliphatic rings. The Morgan fingerprint density at radius 1 is 1.40 bits per heavy atom. The fourth-order valence-electron chi connectivity index (χ4n) is 1.80. The van der Waals surface area contributed by atoms with E-state index >= 15 is 0 Å². The van der Waals surface area contributed by atoms with Gasteiger partial charge in [-0.05, 0) is 37.2 Å². The second-order valence-electron chi connectivity index (χ2n) is 3.58. The first kappa shape index (κ1) is 10.2. The van der Waals surface area contributed by atoms with Crippen molar-refractivity contribution in [3.63, 3.8) is 0 Å². The van der Waals surface area contributed by atoms with Gasteiger partial charge >= 0.3 is 0 Å². The summed E-state index contributed by atoms with van der Waals surface area (Å²) in [5.74, 6) is -0.139. The van der Waals surface area contributed by atoms with Gasteiger partial charge in [-0.1, -0.05) is 13.0 Å². The molecule has 0 atom stereocenters. The largest absolute Gasteiger partial charge is 0.361 e. The molecule has 0 saturated heterocycles. The van der Waals surface area contributed by atoms with Gasteiger partial charge in [0.05, 0.1) is 0 Å². The normalized spacial score (nSPS) is 11.1.